The molecule has 4 rings (SSSR count). The lowest BCUT2D eigenvalue weighted by Gasteiger charge is -2.39. The summed E-state index contributed by atoms with van der Waals surface area (Å²) in [5.74, 6) is -1.02. The minimum Gasteiger partial charge on any atom is -0.465 e. The first kappa shape index (κ1) is 20.0. The number of nitro benzene ring substituents is 1. The molecule has 2 aliphatic rings. The second kappa shape index (κ2) is 7.88. The van der Waals surface area contributed by atoms with Crippen molar-refractivity contribution in [1.29, 1.82) is 0 Å². The molecular weight excluding hydrogens is 397 g/mol. The summed E-state index contributed by atoms with van der Waals surface area (Å²) in [5.41, 5.74) is 1.22. The van der Waals surface area contributed by atoms with Crippen molar-refractivity contribution in [2.45, 2.75) is 18.6 Å². The molecule has 0 radical (unpaired) electrons. The first-order chi connectivity index (χ1) is 14.4. The van der Waals surface area contributed by atoms with Gasteiger partial charge in [-0.25, -0.2) is 9.18 Å². The summed E-state index contributed by atoms with van der Waals surface area (Å²) in [4.78, 5) is 24.1. The van der Waals surface area contributed by atoms with Gasteiger partial charge in [-0.05, 0) is 23.8 Å². The summed E-state index contributed by atoms with van der Waals surface area (Å²) in [6.07, 6.45) is -0.188. The van der Waals surface area contributed by atoms with Gasteiger partial charge in [-0.2, -0.15) is 0 Å². The molecule has 2 aliphatic heterocycles. The van der Waals surface area contributed by atoms with Crippen molar-refractivity contribution in [1.82, 2.24) is 0 Å². The third kappa shape index (κ3) is 3.91. The third-order valence-electron chi connectivity index (χ3n) is 5.39. The molecule has 2 fully saturated rings. The SMILES string of the molecule is O=C(O)Nc1cc(N2CCC3(CC2)OCCO3)c(-c2ccc(F)cc2)cc1[N+](=O)[O-]. The van der Waals surface area contributed by atoms with Gasteiger partial charge < -0.3 is 19.5 Å². The van der Waals surface area contributed by atoms with Crippen LogP contribution in [0.15, 0.2) is 36.4 Å². The summed E-state index contributed by atoms with van der Waals surface area (Å²) in [6.45, 7) is 2.20. The molecule has 0 aromatic heterocycles. The Hall–Kier alpha value is -3.24. The van der Waals surface area contributed by atoms with Gasteiger partial charge in [0.2, 0.25) is 0 Å². The van der Waals surface area contributed by atoms with Crippen LogP contribution < -0.4 is 10.2 Å². The van der Waals surface area contributed by atoms with E-state index in [1.165, 1.54) is 36.4 Å². The quantitative estimate of drug-likeness (QED) is 0.574. The number of carbonyl (C=O) groups is 1. The Kier molecular flexibility index (Phi) is 5.27. The Labute approximate surface area is 171 Å². The molecule has 2 aromatic rings. The van der Waals surface area contributed by atoms with Gasteiger partial charge in [0.1, 0.15) is 11.5 Å². The number of anilines is 2. The van der Waals surface area contributed by atoms with E-state index >= 15 is 0 Å². The van der Waals surface area contributed by atoms with E-state index in [1.54, 1.807) is 0 Å². The molecular formula is C20H20FN3O6. The zero-order valence-electron chi connectivity index (χ0n) is 16.0. The molecule has 1 spiro atoms. The number of rotatable bonds is 4. The Morgan fingerprint density at radius 2 is 1.80 bits per heavy atom. The topological polar surface area (TPSA) is 114 Å². The normalized spacial score (nSPS) is 17.8. The minimum atomic E-state index is -1.40. The third-order valence-corrected chi connectivity index (χ3v) is 5.39. The molecule has 9 nitrogen and oxygen atoms in total. The summed E-state index contributed by atoms with van der Waals surface area (Å²) < 4.78 is 24.9. The van der Waals surface area contributed by atoms with Gasteiger partial charge in [-0.15, -0.1) is 0 Å². The first-order valence-corrected chi connectivity index (χ1v) is 9.48. The number of ether oxygens (including phenoxy) is 2. The largest absolute Gasteiger partial charge is 0.465 e. The van der Waals surface area contributed by atoms with E-state index in [9.17, 15) is 19.3 Å². The molecule has 10 heteroatoms. The van der Waals surface area contributed by atoms with Crippen LogP contribution in [0.1, 0.15) is 12.8 Å². The second-order valence-electron chi connectivity index (χ2n) is 7.18. The van der Waals surface area contributed by atoms with Gasteiger partial charge in [0.05, 0.1) is 18.1 Å². The van der Waals surface area contributed by atoms with Crippen LogP contribution in [0.25, 0.3) is 11.1 Å². The van der Waals surface area contributed by atoms with E-state index < -0.39 is 22.6 Å². The van der Waals surface area contributed by atoms with Crippen LogP contribution in [0, 0.1) is 15.9 Å². The van der Waals surface area contributed by atoms with Crippen LogP contribution in [0.4, 0.5) is 26.2 Å². The number of amides is 1. The summed E-state index contributed by atoms with van der Waals surface area (Å²) in [6, 6.07) is 8.41. The van der Waals surface area contributed by atoms with Crippen LogP contribution in [0.2, 0.25) is 0 Å². The van der Waals surface area contributed by atoms with Crippen molar-refractivity contribution in [2.24, 2.45) is 0 Å². The molecule has 0 unspecified atom stereocenters. The summed E-state index contributed by atoms with van der Waals surface area (Å²) in [7, 11) is 0. The molecule has 1 amide bonds. The van der Waals surface area contributed by atoms with Gasteiger partial charge >= 0.3 is 6.09 Å². The van der Waals surface area contributed by atoms with E-state index in [-0.39, 0.29) is 11.4 Å². The number of nitrogens with one attached hydrogen (secondary N) is 1. The highest BCUT2D eigenvalue weighted by Crippen LogP contribution is 2.42. The van der Waals surface area contributed by atoms with E-state index in [0.717, 1.165) is 0 Å². The van der Waals surface area contributed by atoms with Gasteiger partial charge in [0.15, 0.2) is 5.79 Å². The predicted molar refractivity (Wildman–Crippen MR) is 106 cm³/mol. The smallest absolute Gasteiger partial charge is 0.409 e. The zero-order chi connectivity index (χ0) is 21.3. The number of nitro groups is 1. The molecule has 30 heavy (non-hydrogen) atoms. The van der Waals surface area contributed by atoms with Crippen molar-refractivity contribution in [3.63, 3.8) is 0 Å². The zero-order valence-corrected chi connectivity index (χ0v) is 16.0. The fourth-order valence-corrected chi connectivity index (χ4v) is 3.94. The van der Waals surface area contributed by atoms with E-state index in [2.05, 4.69) is 5.32 Å². The Balaban J connectivity index is 1.77. The second-order valence-corrected chi connectivity index (χ2v) is 7.18. The molecule has 0 atom stereocenters. The molecule has 2 saturated heterocycles. The monoisotopic (exact) mass is 417 g/mol. The van der Waals surface area contributed by atoms with Gasteiger partial charge in [-0.1, -0.05) is 12.1 Å². The summed E-state index contributed by atoms with van der Waals surface area (Å²) >= 11 is 0. The Morgan fingerprint density at radius 1 is 1.17 bits per heavy atom. The van der Waals surface area contributed by atoms with Gasteiger partial charge in [-0.3, -0.25) is 15.4 Å². The van der Waals surface area contributed by atoms with Crippen LogP contribution >= 0.6 is 0 Å². The lowest BCUT2D eigenvalue weighted by Crippen LogP contribution is -2.45. The van der Waals surface area contributed by atoms with E-state index in [4.69, 9.17) is 14.6 Å². The molecule has 0 bridgehead atoms. The van der Waals surface area contributed by atoms with Crippen LogP contribution in [0.3, 0.4) is 0 Å². The number of piperidine rings is 1. The fraction of sp³-hybridized carbons (Fsp3) is 0.350. The van der Waals surface area contributed by atoms with Crippen molar-refractivity contribution < 1.29 is 28.7 Å². The predicted octanol–water partition coefficient (Wildman–Crippen LogP) is 3.83. The minimum absolute atomic E-state index is 0.123. The van der Waals surface area contributed by atoms with Gasteiger partial charge in [0, 0.05) is 43.2 Å². The lowest BCUT2D eigenvalue weighted by atomic mass is 9.97. The number of carboxylic acid groups (broad SMARTS) is 1. The highest BCUT2D eigenvalue weighted by molar-refractivity contribution is 5.92. The Bertz CT molecular complexity index is 965. The molecule has 0 saturated carbocycles. The van der Waals surface area contributed by atoms with Crippen molar-refractivity contribution in [2.75, 3.05) is 36.5 Å². The highest BCUT2D eigenvalue weighted by Gasteiger charge is 2.40. The maximum Gasteiger partial charge on any atom is 0.409 e. The first-order valence-electron chi connectivity index (χ1n) is 9.48. The molecule has 158 valence electrons. The Morgan fingerprint density at radius 3 is 2.37 bits per heavy atom. The average molecular weight is 417 g/mol. The van der Waals surface area contributed by atoms with Crippen molar-refractivity contribution in [3.05, 3.63) is 52.3 Å². The van der Waals surface area contributed by atoms with Crippen molar-refractivity contribution >= 4 is 23.2 Å². The van der Waals surface area contributed by atoms with Crippen molar-refractivity contribution in [3.8, 4) is 11.1 Å². The highest BCUT2D eigenvalue weighted by atomic mass is 19.1. The average Bonchev–Trinajstić information content (AvgIpc) is 3.16. The number of nitrogens with zero attached hydrogens (tertiary/aromatic N) is 2. The number of halogens is 1. The molecule has 2 N–H and O–H groups in total. The van der Waals surface area contributed by atoms with Crippen LogP contribution in [0.5, 0.6) is 0 Å². The maximum absolute atomic E-state index is 13.4. The maximum atomic E-state index is 13.4. The molecule has 2 heterocycles. The van der Waals surface area contributed by atoms with Gasteiger partial charge in [0.25, 0.3) is 5.69 Å². The lowest BCUT2D eigenvalue weighted by molar-refractivity contribution is -0.383. The fourth-order valence-electron chi connectivity index (χ4n) is 3.94. The molecule has 0 aliphatic carbocycles. The molecule has 2 aromatic carbocycles. The van der Waals surface area contributed by atoms with Crippen LogP contribution in [-0.4, -0.2) is 48.2 Å². The standard InChI is InChI=1S/C20H20FN3O6/c21-14-3-1-13(2-4-14)15-11-18(24(27)28)16(22-19(25)26)12-17(15)23-7-5-20(6-8-23)29-9-10-30-20/h1-4,11-12,22H,5-10H2,(H,25,26). The number of hydrogen-bond donors (Lipinski definition) is 2. The summed E-state index contributed by atoms with van der Waals surface area (Å²) in [5, 5.41) is 22.8. The number of hydrogen-bond acceptors (Lipinski definition) is 6. The van der Waals surface area contributed by atoms with E-state index in [1.807, 2.05) is 4.90 Å². The van der Waals surface area contributed by atoms with E-state index in [0.29, 0.717) is 56.0 Å². The number of benzene rings is 2. The van der Waals surface area contributed by atoms with Crippen LogP contribution in [-0.2, 0) is 9.47 Å².